The highest BCUT2D eigenvalue weighted by molar-refractivity contribution is 6.05. The Hall–Kier alpha value is -2.87. The van der Waals surface area contributed by atoms with E-state index < -0.39 is 0 Å². The van der Waals surface area contributed by atoms with Crippen LogP contribution in [0.3, 0.4) is 0 Å². The van der Waals surface area contributed by atoms with Gasteiger partial charge in [-0.05, 0) is 18.6 Å². The first-order valence-electron chi connectivity index (χ1n) is 8.87. The summed E-state index contributed by atoms with van der Waals surface area (Å²) in [5.74, 6) is 0.345. The molecule has 4 rings (SSSR count). The van der Waals surface area contributed by atoms with Gasteiger partial charge in [-0.15, -0.1) is 0 Å². The fourth-order valence-corrected chi connectivity index (χ4v) is 3.94. The number of hydrogen-bond donors (Lipinski definition) is 2. The molecule has 2 amide bonds. The molecule has 0 aliphatic carbocycles. The summed E-state index contributed by atoms with van der Waals surface area (Å²) in [5, 5.41) is 10.6. The molecular formula is C19H22N4O4. The molecule has 0 saturated carbocycles. The van der Waals surface area contributed by atoms with E-state index in [9.17, 15) is 9.59 Å². The third-order valence-electron chi connectivity index (χ3n) is 5.31. The lowest BCUT2D eigenvalue weighted by Gasteiger charge is -2.46. The fourth-order valence-electron chi connectivity index (χ4n) is 3.94. The smallest absolute Gasteiger partial charge is 0.272 e. The van der Waals surface area contributed by atoms with Crippen LogP contribution in [0.2, 0.25) is 0 Å². The van der Waals surface area contributed by atoms with Gasteiger partial charge in [0.2, 0.25) is 5.91 Å². The van der Waals surface area contributed by atoms with E-state index in [1.54, 1.807) is 12.0 Å². The number of nitrogens with zero attached hydrogens (tertiary/aromatic N) is 2. The monoisotopic (exact) mass is 370 g/mol. The minimum atomic E-state index is -0.254. The third kappa shape index (κ3) is 3.06. The molecule has 1 aromatic carbocycles. The normalized spacial score (nSPS) is 20.5. The van der Waals surface area contributed by atoms with Crippen LogP contribution in [-0.2, 0) is 9.53 Å². The Morgan fingerprint density at radius 3 is 3.07 bits per heavy atom. The highest BCUT2D eigenvalue weighted by Crippen LogP contribution is 2.41. The van der Waals surface area contributed by atoms with Crippen LogP contribution in [0.15, 0.2) is 30.9 Å². The highest BCUT2D eigenvalue weighted by Gasteiger charge is 2.50. The van der Waals surface area contributed by atoms with Crippen LogP contribution in [0.4, 0.5) is 0 Å². The van der Waals surface area contributed by atoms with Crippen molar-refractivity contribution in [3.8, 4) is 5.75 Å². The van der Waals surface area contributed by atoms with Crippen molar-refractivity contribution in [1.82, 2.24) is 20.4 Å². The van der Waals surface area contributed by atoms with Gasteiger partial charge in [0.1, 0.15) is 11.3 Å². The standard InChI is InChI=1S/C19H22N4O4/c1-3-15(24)23-9-19(10-23)7-12(27-11-19)8-20-18(25)17-13-5-4-6-14(26-2)16(13)21-22-17/h3-6,12H,1,7-11H2,2H3,(H,20,25)(H,21,22). The van der Waals surface area contributed by atoms with Gasteiger partial charge in [0.15, 0.2) is 5.69 Å². The van der Waals surface area contributed by atoms with Crippen molar-refractivity contribution < 1.29 is 19.1 Å². The van der Waals surface area contributed by atoms with E-state index in [1.165, 1.54) is 6.08 Å². The topological polar surface area (TPSA) is 96.5 Å². The molecule has 1 spiro atoms. The Kier molecular flexibility index (Phi) is 4.35. The lowest BCUT2D eigenvalue weighted by molar-refractivity contribution is -0.137. The maximum Gasteiger partial charge on any atom is 0.272 e. The summed E-state index contributed by atoms with van der Waals surface area (Å²) in [5.41, 5.74) is 1.05. The third-order valence-corrected chi connectivity index (χ3v) is 5.31. The number of rotatable bonds is 5. The Labute approximate surface area is 156 Å². The van der Waals surface area contributed by atoms with E-state index in [2.05, 4.69) is 22.1 Å². The molecule has 8 heteroatoms. The molecule has 1 aromatic heterocycles. The number of ether oxygens (including phenoxy) is 2. The number of aromatic nitrogens is 2. The summed E-state index contributed by atoms with van der Waals surface area (Å²) in [6.07, 6.45) is 2.10. The Bertz CT molecular complexity index is 900. The SMILES string of the molecule is C=CC(=O)N1CC2(COC(CNC(=O)c3n[nH]c4c(OC)cccc34)C2)C1. The number of amides is 2. The molecule has 2 fully saturated rings. The summed E-state index contributed by atoms with van der Waals surface area (Å²) in [4.78, 5) is 25.9. The number of benzene rings is 1. The van der Waals surface area contributed by atoms with E-state index in [0.717, 1.165) is 6.42 Å². The average molecular weight is 370 g/mol. The van der Waals surface area contributed by atoms with Crippen molar-refractivity contribution in [1.29, 1.82) is 0 Å². The number of likely N-dealkylation sites (tertiary alicyclic amines) is 1. The predicted molar refractivity (Wildman–Crippen MR) is 98.5 cm³/mol. The van der Waals surface area contributed by atoms with Crippen molar-refractivity contribution in [2.45, 2.75) is 12.5 Å². The number of aromatic amines is 1. The largest absolute Gasteiger partial charge is 0.494 e. The van der Waals surface area contributed by atoms with Crippen LogP contribution in [0.25, 0.3) is 10.9 Å². The zero-order valence-electron chi connectivity index (χ0n) is 15.2. The molecule has 3 heterocycles. The average Bonchev–Trinajstić information content (AvgIpc) is 3.28. The molecule has 27 heavy (non-hydrogen) atoms. The van der Waals surface area contributed by atoms with Gasteiger partial charge in [-0.3, -0.25) is 14.7 Å². The fraction of sp³-hybridized carbons (Fsp3) is 0.421. The second-order valence-electron chi connectivity index (χ2n) is 7.20. The Morgan fingerprint density at radius 2 is 2.33 bits per heavy atom. The predicted octanol–water partition coefficient (Wildman–Crippen LogP) is 1.10. The van der Waals surface area contributed by atoms with Crippen LogP contribution < -0.4 is 10.1 Å². The maximum absolute atomic E-state index is 12.5. The molecule has 0 radical (unpaired) electrons. The van der Waals surface area contributed by atoms with Crippen LogP contribution >= 0.6 is 0 Å². The summed E-state index contributed by atoms with van der Waals surface area (Å²) in [6.45, 7) is 5.91. The summed E-state index contributed by atoms with van der Waals surface area (Å²) < 4.78 is 11.1. The lowest BCUT2D eigenvalue weighted by Crippen LogP contribution is -2.58. The van der Waals surface area contributed by atoms with Crippen molar-refractivity contribution in [3.05, 3.63) is 36.5 Å². The van der Waals surface area contributed by atoms with Gasteiger partial charge in [0.05, 0.1) is 19.8 Å². The minimum absolute atomic E-state index is 0.0143. The molecule has 1 atom stereocenters. The molecule has 2 N–H and O–H groups in total. The van der Waals surface area contributed by atoms with Gasteiger partial charge in [-0.25, -0.2) is 0 Å². The highest BCUT2D eigenvalue weighted by atomic mass is 16.5. The number of para-hydroxylation sites is 1. The molecule has 2 aliphatic heterocycles. The van der Waals surface area contributed by atoms with E-state index in [1.807, 2.05) is 18.2 Å². The zero-order valence-corrected chi connectivity index (χ0v) is 15.2. The molecule has 8 nitrogen and oxygen atoms in total. The van der Waals surface area contributed by atoms with E-state index >= 15 is 0 Å². The van der Waals surface area contributed by atoms with Gasteiger partial charge in [-0.1, -0.05) is 18.7 Å². The van der Waals surface area contributed by atoms with Crippen LogP contribution in [0.1, 0.15) is 16.9 Å². The molecule has 2 aliphatic rings. The molecule has 142 valence electrons. The summed E-state index contributed by atoms with van der Waals surface area (Å²) in [6, 6.07) is 5.47. The molecule has 2 saturated heterocycles. The first-order valence-corrected chi connectivity index (χ1v) is 8.87. The lowest BCUT2D eigenvalue weighted by atomic mass is 9.78. The second kappa shape index (κ2) is 6.70. The van der Waals surface area contributed by atoms with Crippen LogP contribution in [0, 0.1) is 5.41 Å². The van der Waals surface area contributed by atoms with Crippen molar-refractivity contribution in [3.63, 3.8) is 0 Å². The number of carbonyl (C=O) groups is 2. The second-order valence-corrected chi connectivity index (χ2v) is 7.20. The van der Waals surface area contributed by atoms with Crippen molar-refractivity contribution in [2.75, 3.05) is 33.4 Å². The summed E-state index contributed by atoms with van der Waals surface area (Å²) >= 11 is 0. The minimum Gasteiger partial charge on any atom is -0.494 e. The zero-order chi connectivity index (χ0) is 19.0. The Morgan fingerprint density at radius 1 is 1.52 bits per heavy atom. The first-order chi connectivity index (χ1) is 13.0. The van der Waals surface area contributed by atoms with Gasteiger partial charge in [0, 0.05) is 30.4 Å². The van der Waals surface area contributed by atoms with E-state index in [4.69, 9.17) is 9.47 Å². The molecule has 1 unspecified atom stereocenters. The van der Waals surface area contributed by atoms with Crippen molar-refractivity contribution in [2.24, 2.45) is 5.41 Å². The molecule has 0 bridgehead atoms. The van der Waals surface area contributed by atoms with Gasteiger partial charge < -0.3 is 19.7 Å². The van der Waals surface area contributed by atoms with Gasteiger partial charge in [-0.2, -0.15) is 5.10 Å². The molecular weight excluding hydrogens is 348 g/mol. The first kappa shape index (κ1) is 17.5. The maximum atomic E-state index is 12.5. The van der Waals surface area contributed by atoms with E-state index in [-0.39, 0.29) is 23.3 Å². The van der Waals surface area contributed by atoms with Crippen LogP contribution in [0.5, 0.6) is 5.75 Å². The number of fused-ring (bicyclic) bond motifs is 1. The number of nitrogens with one attached hydrogen (secondary N) is 2. The van der Waals surface area contributed by atoms with E-state index in [0.29, 0.717) is 48.6 Å². The number of H-pyrrole nitrogens is 1. The molecule has 2 aromatic rings. The van der Waals surface area contributed by atoms with Gasteiger partial charge in [0.25, 0.3) is 5.91 Å². The van der Waals surface area contributed by atoms with Crippen molar-refractivity contribution >= 4 is 22.7 Å². The summed E-state index contributed by atoms with van der Waals surface area (Å²) in [7, 11) is 1.58. The number of methoxy groups -OCH3 is 1. The van der Waals surface area contributed by atoms with Gasteiger partial charge >= 0.3 is 0 Å². The number of carbonyl (C=O) groups excluding carboxylic acids is 2. The van der Waals surface area contributed by atoms with Crippen LogP contribution in [-0.4, -0.2) is 66.4 Å². The number of hydrogen-bond acceptors (Lipinski definition) is 5. The quantitative estimate of drug-likeness (QED) is 0.769. The Balaban J connectivity index is 1.34.